The maximum Gasteiger partial charge on any atom is 0.357 e. The Bertz CT molecular complexity index is 730. The molecule has 0 spiro atoms. The van der Waals surface area contributed by atoms with Crippen molar-refractivity contribution in [2.75, 3.05) is 13.7 Å². The van der Waals surface area contributed by atoms with Crippen LogP contribution >= 0.6 is 11.3 Å². The predicted octanol–water partition coefficient (Wildman–Crippen LogP) is 4.64. The summed E-state index contributed by atoms with van der Waals surface area (Å²) in [5, 5.41) is 2.44. The summed E-state index contributed by atoms with van der Waals surface area (Å²) in [4.78, 5) is 31.1. The first-order valence-corrected chi connectivity index (χ1v) is 10.3. The molecule has 0 bridgehead atoms. The van der Waals surface area contributed by atoms with Crippen LogP contribution in [0.25, 0.3) is 0 Å². The van der Waals surface area contributed by atoms with Crippen LogP contribution in [0, 0.1) is 0 Å². The van der Waals surface area contributed by atoms with E-state index < -0.39 is 5.97 Å². The van der Waals surface area contributed by atoms with Gasteiger partial charge >= 0.3 is 5.97 Å². The minimum absolute atomic E-state index is 0.120. The van der Waals surface area contributed by atoms with E-state index in [1.54, 1.807) is 5.38 Å². The van der Waals surface area contributed by atoms with E-state index >= 15 is 0 Å². The number of amides is 1. The van der Waals surface area contributed by atoms with Crippen LogP contribution in [0.5, 0.6) is 0 Å². The number of rotatable bonds is 10. The average molecular weight is 389 g/mol. The van der Waals surface area contributed by atoms with Gasteiger partial charge in [0, 0.05) is 11.9 Å². The number of carbonyl (C=O) groups is 2. The quantitative estimate of drug-likeness (QED) is 0.439. The van der Waals surface area contributed by atoms with Crippen LogP contribution < -0.4 is 0 Å². The highest BCUT2D eigenvalue weighted by molar-refractivity contribution is 7.09. The normalized spacial score (nSPS) is 11.8. The summed E-state index contributed by atoms with van der Waals surface area (Å²) in [6.07, 6.45) is 3.89. The number of carbonyl (C=O) groups excluding carboxylic acids is 2. The van der Waals surface area contributed by atoms with Gasteiger partial charge in [0.15, 0.2) is 5.69 Å². The number of aromatic nitrogens is 1. The second-order valence-corrected chi connectivity index (χ2v) is 7.40. The summed E-state index contributed by atoms with van der Waals surface area (Å²) >= 11 is 1.39. The molecule has 0 radical (unpaired) electrons. The molecule has 2 aromatic rings. The van der Waals surface area contributed by atoms with E-state index in [0.717, 1.165) is 36.3 Å². The molecule has 0 saturated heterocycles. The summed E-state index contributed by atoms with van der Waals surface area (Å²) in [6, 6.07) is 9.92. The van der Waals surface area contributed by atoms with E-state index in [0.29, 0.717) is 18.8 Å². The van der Waals surface area contributed by atoms with Gasteiger partial charge in [-0.15, -0.1) is 11.3 Å². The highest BCUT2D eigenvalue weighted by Gasteiger charge is 2.25. The fourth-order valence-electron chi connectivity index (χ4n) is 3.02. The molecule has 1 unspecified atom stereocenters. The predicted molar refractivity (Wildman–Crippen MR) is 108 cm³/mol. The van der Waals surface area contributed by atoms with Gasteiger partial charge in [-0.05, 0) is 18.4 Å². The van der Waals surface area contributed by atoms with Crippen molar-refractivity contribution in [2.45, 2.75) is 52.0 Å². The fourth-order valence-corrected chi connectivity index (χ4v) is 3.80. The van der Waals surface area contributed by atoms with Gasteiger partial charge in [-0.25, -0.2) is 9.78 Å². The van der Waals surface area contributed by atoms with Crippen LogP contribution in [0.3, 0.4) is 0 Å². The third kappa shape index (κ3) is 5.89. The van der Waals surface area contributed by atoms with Crippen molar-refractivity contribution in [3.8, 4) is 0 Å². The Hall–Kier alpha value is -2.21. The topological polar surface area (TPSA) is 59.5 Å². The van der Waals surface area contributed by atoms with Gasteiger partial charge in [0.2, 0.25) is 5.91 Å². The summed E-state index contributed by atoms with van der Waals surface area (Å²) in [7, 11) is 1.34. The summed E-state index contributed by atoms with van der Waals surface area (Å²) in [5.41, 5.74) is 1.34. The second-order valence-electron chi connectivity index (χ2n) is 6.46. The molecule has 0 aliphatic heterocycles. The Morgan fingerprint density at radius 1 is 1.19 bits per heavy atom. The van der Waals surface area contributed by atoms with Crippen molar-refractivity contribution in [1.29, 1.82) is 0 Å². The molecule has 2 rings (SSSR count). The molecule has 1 aromatic heterocycles. The SMILES string of the molecule is CCCCCN(Cc1nc(C(=O)OC)cs1)C(=O)C(CC)c1ccccc1. The molecule has 5 nitrogen and oxygen atoms in total. The molecule has 146 valence electrons. The Kier molecular flexibility index (Phi) is 8.45. The van der Waals surface area contributed by atoms with Gasteiger partial charge in [0.1, 0.15) is 5.01 Å². The number of methoxy groups -OCH3 is 1. The maximum absolute atomic E-state index is 13.3. The zero-order valence-electron chi connectivity index (χ0n) is 16.3. The first-order valence-electron chi connectivity index (χ1n) is 9.47. The highest BCUT2D eigenvalue weighted by atomic mass is 32.1. The van der Waals surface area contributed by atoms with Crippen molar-refractivity contribution < 1.29 is 14.3 Å². The van der Waals surface area contributed by atoms with Crippen LogP contribution in [-0.4, -0.2) is 35.4 Å². The lowest BCUT2D eigenvalue weighted by atomic mass is 9.95. The monoisotopic (exact) mass is 388 g/mol. The third-order valence-corrected chi connectivity index (χ3v) is 5.36. The van der Waals surface area contributed by atoms with Crippen molar-refractivity contribution >= 4 is 23.2 Å². The number of esters is 1. The van der Waals surface area contributed by atoms with Crippen LogP contribution in [-0.2, 0) is 16.1 Å². The number of nitrogens with zero attached hydrogens (tertiary/aromatic N) is 2. The molecular formula is C21H28N2O3S. The van der Waals surface area contributed by atoms with E-state index in [1.165, 1.54) is 18.4 Å². The molecule has 1 amide bonds. The molecule has 1 aromatic carbocycles. The maximum atomic E-state index is 13.3. The number of thiazole rings is 1. The lowest BCUT2D eigenvalue weighted by Crippen LogP contribution is -2.35. The van der Waals surface area contributed by atoms with Gasteiger partial charge in [-0.2, -0.15) is 0 Å². The molecular weight excluding hydrogens is 360 g/mol. The molecule has 0 fully saturated rings. The smallest absolute Gasteiger partial charge is 0.357 e. The van der Waals surface area contributed by atoms with Crippen LogP contribution in [0.4, 0.5) is 0 Å². The van der Waals surface area contributed by atoms with Crippen LogP contribution in [0.15, 0.2) is 35.7 Å². The van der Waals surface area contributed by atoms with E-state index in [2.05, 4.69) is 11.9 Å². The fraction of sp³-hybridized carbons (Fsp3) is 0.476. The highest BCUT2D eigenvalue weighted by Crippen LogP contribution is 2.24. The standard InChI is InChI=1S/C21H28N2O3S/c1-4-6-10-13-23(14-19-22-18(15-27-19)21(25)26-3)20(24)17(5-2)16-11-8-7-9-12-16/h7-9,11-12,15,17H,4-6,10,13-14H2,1-3H3. The Morgan fingerprint density at radius 2 is 1.93 bits per heavy atom. The second kappa shape index (κ2) is 10.8. The zero-order valence-corrected chi connectivity index (χ0v) is 17.1. The molecule has 0 N–H and O–H groups in total. The van der Waals surface area contributed by atoms with Gasteiger partial charge in [-0.1, -0.05) is 57.0 Å². The van der Waals surface area contributed by atoms with E-state index in [1.807, 2.05) is 42.2 Å². The van der Waals surface area contributed by atoms with Crippen LogP contribution in [0.1, 0.15) is 66.5 Å². The minimum atomic E-state index is -0.447. The van der Waals surface area contributed by atoms with Crippen molar-refractivity contribution in [2.24, 2.45) is 0 Å². The number of benzene rings is 1. The van der Waals surface area contributed by atoms with E-state index in [4.69, 9.17) is 4.74 Å². The zero-order chi connectivity index (χ0) is 19.6. The summed E-state index contributed by atoms with van der Waals surface area (Å²) in [6.45, 7) is 5.31. The van der Waals surface area contributed by atoms with E-state index in [-0.39, 0.29) is 11.8 Å². The van der Waals surface area contributed by atoms with Crippen molar-refractivity contribution in [1.82, 2.24) is 9.88 Å². The van der Waals surface area contributed by atoms with Crippen molar-refractivity contribution in [3.63, 3.8) is 0 Å². The van der Waals surface area contributed by atoms with Gasteiger partial charge in [-0.3, -0.25) is 4.79 Å². The number of unbranched alkanes of at least 4 members (excludes halogenated alkanes) is 2. The van der Waals surface area contributed by atoms with Gasteiger partial charge in [0.25, 0.3) is 0 Å². The average Bonchev–Trinajstić information content (AvgIpc) is 3.16. The molecule has 1 atom stereocenters. The Balaban J connectivity index is 2.18. The molecule has 1 heterocycles. The molecule has 27 heavy (non-hydrogen) atoms. The third-order valence-electron chi connectivity index (χ3n) is 4.52. The van der Waals surface area contributed by atoms with Gasteiger partial charge in [0.05, 0.1) is 19.6 Å². The number of hydrogen-bond donors (Lipinski definition) is 0. The number of hydrogen-bond acceptors (Lipinski definition) is 5. The first-order chi connectivity index (χ1) is 13.1. The van der Waals surface area contributed by atoms with E-state index in [9.17, 15) is 9.59 Å². The van der Waals surface area contributed by atoms with Crippen molar-refractivity contribution in [3.05, 3.63) is 52.0 Å². The summed E-state index contributed by atoms with van der Waals surface area (Å²) in [5.74, 6) is -0.487. The lowest BCUT2D eigenvalue weighted by molar-refractivity contribution is -0.133. The Morgan fingerprint density at radius 3 is 2.56 bits per heavy atom. The molecule has 0 saturated carbocycles. The molecule has 0 aliphatic carbocycles. The molecule has 6 heteroatoms. The van der Waals surface area contributed by atoms with Crippen LogP contribution in [0.2, 0.25) is 0 Å². The van der Waals surface area contributed by atoms with Gasteiger partial charge < -0.3 is 9.64 Å². The molecule has 0 aliphatic rings. The number of ether oxygens (including phenoxy) is 1. The minimum Gasteiger partial charge on any atom is -0.464 e. The Labute approximate surface area is 165 Å². The first kappa shape index (κ1) is 21.1. The largest absolute Gasteiger partial charge is 0.464 e. The lowest BCUT2D eigenvalue weighted by Gasteiger charge is -2.26. The summed E-state index contributed by atoms with van der Waals surface area (Å²) < 4.78 is 4.72.